The number of aryl methyl sites for hydroxylation is 1. The minimum Gasteiger partial charge on any atom is -0.207 e. The first-order chi connectivity index (χ1) is 17.7. The zero-order valence-corrected chi connectivity index (χ0v) is 20.6. The van der Waals surface area contributed by atoms with Crippen molar-refractivity contribution in [3.05, 3.63) is 88.5 Å². The maximum absolute atomic E-state index is 14.2. The summed E-state index contributed by atoms with van der Waals surface area (Å²) >= 11 is 0. The first-order valence-electron chi connectivity index (χ1n) is 13.0. The van der Waals surface area contributed by atoms with Crippen molar-refractivity contribution < 1.29 is 30.7 Å². The summed E-state index contributed by atoms with van der Waals surface area (Å²) in [6.45, 7) is 0. The maximum Gasteiger partial charge on any atom is 0.306 e. The normalized spacial score (nSPS) is 24.4. The average Bonchev–Trinajstić information content (AvgIpc) is 2.90. The fourth-order valence-electron chi connectivity index (χ4n) is 5.79. The van der Waals surface area contributed by atoms with E-state index in [4.69, 9.17) is 0 Å². The third-order valence-electron chi connectivity index (χ3n) is 8.09. The zero-order chi connectivity index (χ0) is 26.5. The molecule has 2 aromatic carbocycles. The second-order valence-electron chi connectivity index (χ2n) is 10.5. The Morgan fingerprint density at radius 3 is 1.81 bits per heavy atom. The number of rotatable bonds is 7. The summed E-state index contributed by atoms with van der Waals surface area (Å²) in [6, 6.07) is 5.64. The van der Waals surface area contributed by atoms with Crippen molar-refractivity contribution in [2.24, 2.45) is 17.8 Å². The number of hydrogen-bond donors (Lipinski definition) is 0. The van der Waals surface area contributed by atoms with Crippen LogP contribution in [-0.4, -0.2) is 0 Å². The van der Waals surface area contributed by atoms with Crippen molar-refractivity contribution in [2.45, 2.75) is 70.1 Å². The molecule has 2 aliphatic rings. The van der Waals surface area contributed by atoms with Gasteiger partial charge in [0.2, 0.25) is 0 Å². The summed E-state index contributed by atoms with van der Waals surface area (Å²) in [5.74, 6) is -4.59. The van der Waals surface area contributed by atoms with Gasteiger partial charge in [-0.25, -0.2) is 22.0 Å². The lowest BCUT2D eigenvalue weighted by Crippen LogP contribution is -2.15. The molecule has 0 amide bonds. The van der Waals surface area contributed by atoms with Crippen molar-refractivity contribution in [3.63, 3.8) is 0 Å². The Kier molecular flexibility index (Phi) is 9.14. The Morgan fingerprint density at radius 1 is 0.703 bits per heavy atom. The summed E-state index contributed by atoms with van der Waals surface area (Å²) in [4.78, 5) is 0. The molecule has 0 unspecified atom stereocenters. The minimum absolute atomic E-state index is 0.0473. The molecular formula is C30H31F7. The average molecular weight is 525 g/mol. The summed E-state index contributed by atoms with van der Waals surface area (Å²) in [7, 11) is 0. The van der Waals surface area contributed by atoms with E-state index < -0.39 is 40.7 Å². The first kappa shape index (κ1) is 27.5. The topological polar surface area (TPSA) is 0 Å². The van der Waals surface area contributed by atoms with Gasteiger partial charge in [-0.2, -0.15) is 8.78 Å². The molecule has 2 fully saturated rings. The van der Waals surface area contributed by atoms with Crippen molar-refractivity contribution >= 4 is 5.83 Å². The molecule has 4 rings (SSSR count). The molecule has 7 heteroatoms. The quantitative estimate of drug-likeness (QED) is 0.192. The minimum atomic E-state index is -2.45. The molecule has 0 spiro atoms. The van der Waals surface area contributed by atoms with Gasteiger partial charge in [0.15, 0.2) is 23.3 Å². The van der Waals surface area contributed by atoms with Crippen LogP contribution in [0, 0.1) is 41.0 Å². The molecule has 0 heterocycles. The van der Waals surface area contributed by atoms with Gasteiger partial charge in [0.25, 0.3) is 0 Å². The molecule has 37 heavy (non-hydrogen) atoms. The van der Waals surface area contributed by atoms with E-state index in [1.165, 1.54) is 12.1 Å². The van der Waals surface area contributed by atoms with Crippen molar-refractivity contribution in [2.75, 3.05) is 0 Å². The number of halogens is 7. The van der Waals surface area contributed by atoms with E-state index >= 15 is 0 Å². The summed E-state index contributed by atoms with van der Waals surface area (Å²) < 4.78 is 92.7. The van der Waals surface area contributed by atoms with Crippen LogP contribution < -0.4 is 0 Å². The molecule has 0 aromatic heterocycles. The number of benzene rings is 2. The SMILES string of the molecule is FC(F)=C(F)c1ccc(CCC2CCC(C=CC3CCC(c4cc(F)c(F)c(F)c4)CC3)CC2)c(F)c1. The standard InChI is InChI=1S/C30H31F7/c31-25-15-23(28(34)30(36)37)14-13-22(25)12-9-19-4-1-18(2-5-19)3-6-20-7-10-21(11-8-20)24-16-26(32)29(35)27(33)17-24/h3,6,13-21H,1-2,4-5,7-12H2. The molecule has 0 saturated heterocycles. The van der Waals surface area contributed by atoms with E-state index in [0.717, 1.165) is 76.0 Å². The van der Waals surface area contributed by atoms with Gasteiger partial charge in [0.05, 0.1) is 0 Å². The first-order valence-corrected chi connectivity index (χ1v) is 13.0. The molecule has 0 nitrogen and oxygen atoms in total. The van der Waals surface area contributed by atoms with Crippen molar-refractivity contribution in [3.8, 4) is 0 Å². The monoisotopic (exact) mass is 524 g/mol. The third-order valence-corrected chi connectivity index (χ3v) is 8.09. The van der Waals surface area contributed by atoms with Crippen LogP contribution in [0.15, 0.2) is 48.6 Å². The van der Waals surface area contributed by atoms with Gasteiger partial charge in [-0.1, -0.05) is 24.3 Å². The van der Waals surface area contributed by atoms with E-state index in [0.29, 0.717) is 35.3 Å². The molecule has 0 aliphatic heterocycles. The second-order valence-corrected chi connectivity index (χ2v) is 10.5. The fourth-order valence-corrected chi connectivity index (χ4v) is 5.79. The van der Waals surface area contributed by atoms with Crippen LogP contribution in [0.25, 0.3) is 5.83 Å². The van der Waals surface area contributed by atoms with Crippen LogP contribution >= 0.6 is 0 Å². The largest absolute Gasteiger partial charge is 0.306 e. The maximum atomic E-state index is 14.2. The number of allylic oxidation sites excluding steroid dienone is 2. The summed E-state index contributed by atoms with van der Waals surface area (Å²) in [5, 5.41) is 0. The lowest BCUT2D eigenvalue weighted by molar-refractivity contribution is 0.293. The van der Waals surface area contributed by atoms with Crippen molar-refractivity contribution in [1.29, 1.82) is 0 Å². The van der Waals surface area contributed by atoms with E-state index in [1.54, 1.807) is 0 Å². The Hall–Kier alpha value is -2.57. The van der Waals surface area contributed by atoms with E-state index in [-0.39, 0.29) is 5.92 Å². The Morgan fingerprint density at radius 2 is 1.27 bits per heavy atom. The fraction of sp³-hybridized carbons (Fsp3) is 0.467. The van der Waals surface area contributed by atoms with Gasteiger partial charge >= 0.3 is 6.08 Å². The van der Waals surface area contributed by atoms with Gasteiger partial charge in [0.1, 0.15) is 5.82 Å². The lowest BCUT2D eigenvalue weighted by atomic mass is 9.76. The predicted molar refractivity (Wildman–Crippen MR) is 131 cm³/mol. The Bertz CT molecular complexity index is 1110. The molecule has 0 radical (unpaired) electrons. The smallest absolute Gasteiger partial charge is 0.207 e. The molecular weight excluding hydrogens is 493 g/mol. The number of hydrogen-bond acceptors (Lipinski definition) is 0. The molecule has 0 atom stereocenters. The van der Waals surface area contributed by atoms with Gasteiger partial charge in [-0.15, -0.1) is 0 Å². The second kappa shape index (κ2) is 12.3. The highest BCUT2D eigenvalue weighted by atomic mass is 19.3. The highest BCUT2D eigenvalue weighted by molar-refractivity contribution is 5.59. The van der Waals surface area contributed by atoms with Gasteiger partial charge in [-0.3, -0.25) is 0 Å². The van der Waals surface area contributed by atoms with E-state index in [1.807, 2.05) is 0 Å². The van der Waals surface area contributed by atoms with E-state index in [9.17, 15) is 30.7 Å². The molecule has 0 N–H and O–H groups in total. The highest BCUT2D eigenvalue weighted by Gasteiger charge is 2.24. The van der Waals surface area contributed by atoms with Crippen LogP contribution in [0.5, 0.6) is 0 Å². The van der Waals surface area contributed by atoms with Gasteiger partial charge < -0.3 is 0 Å². The van der Waals surface area contributed by atoms with Crippen LogP contribution in [0.1, 0.15) is 80.4 Å². The molecule has 2 saturated carbocycles. The molecule has 0 bridgehead atoms. The van der Waals surface area contributed by atoms with Crippen LogP contribution in [0.3, 0.4) is 0 Å². The van der Waals surface area contributed by atoms with Gasteiger partial charge in [0, 0.05) is 5.56 Å². The summed E-state index contributed by atoms with van der Waals surface area (Å²) in [6.07, 6.45) is 11.1. The van der Waals surface area contributed by atoms with Crippen molar-refractivity contribution in [1.82, 2.24) is 0 Å². The Labute approximate surface area is 213 Å². The van der Waals surface area contributed by atoms with Crippen LogP contribution in [-0.2, 0) is 6.42 Å². The Balaban J connectivity index is 1.19. The highest BCUT2D eigenvalue weighted by Crippen LogP contribution is 2.38. The van der Waals surface area contributed by atoms with Crippen LogP contribution in [0.2, 0.25) is 0 Å². The van der Waals surface area contributed by atoms with Gasteiger partial charge in [-0.05, 0) is 117 Å². The van der Waals surface area contributed by atoms with E-state index in [2.05, 4.69) is 12.2 Å². The molecule has 200 valence electrons. The third kappa shape index (κ3) is 7.05. The van der Waals surface area contributed by atoms with Crippen LogP contribution in [0.4, 0.5) is 30.7 Å². The molecule has 2 aliphatic carbocycles. The predicted octanol–water partition coefficient (Wildman–Crippen LogP) is 10.0. The molecule has 2 aromatic rings. The zero-order valence-electron chi connectivity index (χ0n) is 20.6. The lowest BCUT2D eigenvalue weighted by Gasteiger charge is -2.29. The summed E-state index contributed by atoms with van der Waals surface area (Å²) in [5.41, 5.74) is 0.505.